The van der Waals surface area contributed by atoms with E-state index >= 15 is 0 Å². The average Bonchev–Trinajstić information content (AvgIpc) is 2.18. The van der Waals surface area contributed by atoms with Crippen LogP contribution >= 0.6 is 0 Å². The first-order valence-electron chi connectivity index (χ1n) is 5.43. The highest BCUT2D eigenvalue weighted by molar-refractivity contribution is 5.01. The third kappa shape index (κ3) is 7.87. The lowest BCUT2D eigenvalue weighted by molar-refractivity contribution is 0.297. The van der Waals surface area contributed by atoms with Gasteiger partial charge in [0.25, 0.3) is 0 Å². The molecule has 0 amide bonds. The molecule has 14 heavy (non-hydrogen) atoms. The van der Waals surface area contributed by atoms with Gasteiger partial charge in [0.05, 0.1) is 6.26 Å². The van der Waals surface area contributed by atoms with E-state index in [1.165, 1.54) is 5.57 Å². The van der Waals surface area contributed by atoms with Gasteiger partial charge < -0.3 is 10.2 Å². The maximum Gasteiger partial charge on any atom is 0.0751 e. The van der Waals surface area contributed by atoms with E-state index in [9.17, 15) is 0 Å². The summed E-state index contributed by atoms with van der Waals surface area (Å²) in [5.41, 5.74) is 1.36. The van der Waals surface area contributed by atoms with Crippen LogP contribution in [0.25, 0.3) is 0 Å². The predicted octanol–water partition coefficient (Wildman–Crippen LogP) is 3.34. The summed E-state index contributed by atoms with van der Waals surface area (Å²) in [7, 11) is 0. The molecule has 2 nitrogen and oxygen atoms in total. The molecular weight excluding hydrogens is 176 g/mol. The zero-order valence-corrected chi connectivity index (χ0v) is 9.08. The van der Waals surface area contributed by atoms with Gasteiger partial charge in [-0.2, -0.15) is 0 Å². The first-order chi connectivity index (χ1) is 6.85. The normalized spacial score (nSPS) is 12.6. The Hall–Kier alpha value is -0.760. The summed E-state index contributed by atoms with van der Waals surface area (Å²) in [6.45, 7) is 2.37. The fraction of sp³-hybridized carbons (Fsp3) is 0.667. The largest absolute Gasteiger partial charge is 0.516 e. The molecule has 0 heterocycles. The van der Waals surface area contributed by atoms with Crippen molar-refractivity contribution in [2.75, 3.05) is 6.61 Å². The first kappa shape index (κ1) is 13.2. The van der Waals surface area contributed by atoms with E-state index < -0.39 is 0 Å². The van der Waals surface area contributed by atoms with Gasteiger partial charge >= 0.3 is 0 Å². The van der Waals surface area contributed by atoms with Gasteiger partial charge in [-0.15, -0.1) is 0 Å². The molecule has 0 bridgehead atoms. The van der Waals surface area contributed by atoms with E-state index in [1.54, 1.807) is 6.08 Å². The van der Waals surface area contributed by atoms with Crippen LogP contribution in [-0.2, 0) is 0 Å². The lowest BCUT2D eigenvalue weighted by Crippen LogP contribution is -1.89. The van der Waals surface area contributed by atoms with Crippen LogP contribution in [0.1, 0.15) is 45.4 Å². The summed E-state index contributed by atoms with van der Waals surface area (Å²) in [6.07, 6.45) is 11.2. The molecule has 0 rings (SSSR count). The molecule has 0 spiro atoms. The molecule has 0 aromatic carbocycles. The fourth-order valence-corrected chi connectivity index (χ4v) is 1.45. The molecule has 82 valence electrons. The van der Waals surface area contributed by atoms with Crippen molar-refractivity contribution in [1.82, 2.24) is 0 Å². The molecule has 0 radical (unpaired) electrons. The second kappa shape index (κ2) is 10.3. The molecule has 2 heteroatoms. The van der Waals surface area contributed by atoms with Gasteiger partial charge in [0.15, 0.2) is 0 Å². The van der Waals surface area contributed by atoms with Gasteiger partial charge in [0.1, 0.15) is 0 Å². The van der Waals surface area contributed by atoms with Crippen molar-refractivity contribution in [3.05, 3.63) is 24.0 Å². The number of rotatable bonds is 8. The lowest BCUT2D eigenvalue weighted by atomic mass is 10.0. The molecule has 0 aliphatic carbocycles. The van der Waals surface area contributed by atoms with Gasteiger partial charge in [-0.3, -0.25) is 0 Å². The minimum atomic E-state index is 0.252. The van der Waals surface area contributed by atoms with Crippen LogP contribution in [0.5, 0.6) is 0 Å². The van der Waals surface area contributed by atoms with Crippen LogP contribution in [0.3, 0.4) is 0 Å². The molecular formula is C12H22O2. The van der Waals surface area contributed by atoms with Crippen molar-refractivity contribution in [1.29, 1.82) is 0 Å². The molecule has 0 fully saturated rings. The molecule has 0 saturated heterocycles. The number of aliphatic hydroxyl groups is 2. The van der Waals surface area contributed by atoms with Crippen LogP contribution < -0.4 is 0 Å². The topological polar surface area (TPSA) is 40.5 Å². The summed E-state index contributed by atoms with van der Waals surface area (Å²) >= 11 is 0. The predicted molar refractivity (Wildman–Crippen MR) is 60.3 cm³/mol. The number of hydrogen-bond donors (Lipinski definition) is 2. The second-order valence-corrected chi connectivity index (χ2v) is 3.37. The van der Waals surface area contributed by atoms with Gasteiger partial charge in [-0.05, 0) is 38.5 Å². The Kier molecular flexibility index (Phi) is 9.76. The van der Waals surface area contributed by atoms with E-state index in [2.05, 4.69) is 13.0 Å². The van der Waals surface area contributed by atoms with E-state index in [0.29, 0.717) is 0 Å². The van der Waals surface area contributed by atoms with Crippen LogP contribution in [-0.4, -0.2) is 16.8 Å². The highest BCUT2D eigenvalue weighted by Gasteiger charge is 1.95. The molecule has 0 saturated carbocycles. The van der Waals surface area contributed by atoms with Crippen molar-refractivity contribution < 1.29 is 10.2 Å². The summed E-state index contributed by atoms with van der Waals surface area (Å²) in [5, 5.41) is 17.2. The standard InChI is InChI=1S/C12H22O2/c1-2-7-12(9-11-14)8-5-3-4-6-10-13/h6-7,10,13-14H,2-5,8-9,11H2,1H3/b10-6-,12-7-. The third-order valence-corrected chi connectivity index (χ3v) is 2.15. The Morgan fingerprint density at radius 1 is 1.21 bits per heavy atom. The maximum atomic E-state index is 8.82. The van der Waals surface area contributed by atoms with Gasteiger partial charge in [0.2, 0.25) is 0 Å². The smallest absolute Gasteiger partial charge is 0.0751 e. The van der Waals surface area contributed by atoms with E-state index in [1.807, 2.05) is 0 Å². The molecule has 0 aromatic heterocycles. The summed E-state index contributed by atoms with van der Waals surface area (Å²) in [5.74, 6) is 0. The van der Waals surface area contributed by atoms with Gasteiger partial charge in [-0.25, -0.2) is 0 Å². The minimum absolute atomic E-state index is 0.252. The van der Waals surface area contributed by atoms with Crippen molar-refractivity contribution in [3.63, 3.8) is 0 Å². The highest BCUT2D eigenvalue weighted by Crippen LogP contribution is 2.13. The Bertz CT molecular complexity index is 171. The quantitative estimate of drug-likeness (QED) is 0.357. The Morgan fingerprint density at radius 2 is 2.00 bits per heavy atom. The lowest BCUT2D eigenvalue weighted by Gasteiger charge is -2.04. The molecule has 0 aromatic rings. The Balaban J connectivity index is 3.55. The number of unbranched alkanes of at least 4 members (excludes halogenated alkanes) is 2. The fourth-order valence-electron chi connectivity index (χ4n) is 1.45. The number of allylic oxidation sites excluding steroid dienone is 2. The summed E-state index contributed by atoms with van der Waals surface area (Å²) < 4.78 is 0. The summed E-state index contributed by atoms with van der Waals surface area (Å²) in [6, 6.07) is 0. The highest BCUT2D eigenvalue weighted by atomic mass is 16.3. The molecule has 0 aliphatic rings. The zero-order valence-electron chi connectivity index (χ0n) is 9.08. The van der Waals surface area contributed by atoms with E-state index in [-0.39, 0.29) is 6.61 Å². The van der Waals surface area contributed by atoms with Gasteiger partial charge in [0, 0.05) is 6.61 Å². The van der Waals surface area contributed by atoms with Gasteiger partial charge in [-0.1, -0.05) is 24.6 Å². The molecule has 0 aliphatic heterocycles. The van der Waals surface area contributed by atoms with E-state index in [4.69, 9.17) is 10.2 Å². The van der Waals surface area contributed by atoms with Crippen molar-refractivity contribution in [3.8, 4) is 0 Å². The Morgan fingerprint density at radius 3 is 2.57 bits per heavy atom. The zero-order chi connectivity index (χ0) is 10.6. The maximum absolute atomic E-state index is 8.82. The third-order valence-electron chi connectivity index (χ3n) is 2.15. The minimum Gasteiger partial charge on any atom is -0.516 e. The molecule has 2 N–H and O–H groups in total. The van der Waals surface area contributed by atoms with Crippen LogP contribution in [0.4, 0.5) is 0 Å². The van der Waals surface area contributed by atoms with Crippen molar-refractivity contribution in [2.45, 2.75) is 45.4 Å². The molecule has 0 unspecified atom stereocenters. The SMILES string of the molecule is CC/C=C(\CCO)CCCC/C=C\O. The number of aliphatic hydroxyl groups excluding tert-OH is 2. The van der Waals surface area contributed by atoms with Crippen molar-refractivity contribution in [2.24, 2.45) is 0 Å². The van der Waals surface area contributed by atoms with E-state index in [0.717, 1.165) is 44.8 Å². The monoisotopic (exact) mass is 198 g/mol. The number of hydrogen-bond acceptors (Lipinski definition) is 2. The first-order valence-corrected chi connectivity index (χ1v) is 5.43. The average molecular weight is 198 g/mol. The van der Waals surface area contributed by atoms with Crippen LogP contribution in [0.2, 0.25) is 0 Å². The van der Waals surface area contributed by atoms with Crippen LogP contribution in [0.15, 0.2) is 24.0 Å². The second-order valence-electron chi connectivity index (χ2n) is 3.37. The Labute approximate surface area is 87.0 Å². The van der Waals surface area contributed by atoms with Crippen LogP contribution in [0, 0.1) is 0 Å². The summed E-state index contributed by atoms with van der Waals surface area (Å²) in [4.78, 5) is 0. The van der Waals surface area contributed by atoms with Crippen molar-refractivity contribution >= 4 is 0 Å². The molecule has 0 atom stereocenters.